The van der Waals surface area contributed by atoms with Crippen molar-refractivity contribution in [2.45, 2.75) is 0 Å². The number of hydrogen-bond donors (Lipinski definition) is 1. The zero-order chi connectivity index (χ0) is 12.1. The number of anilines is 1. The van der Waals surface area contributed by atoms with Crippen molar-refractivity contribution < 1.29 is 4.79 Å². The lowest BCUT2D eigenvalue weighted by molar-refractivity contribution is -0.111. The molecule has 4 nitrogen and oxygen atoms in total. The zero-order valence-electron chi connectivity index (χ0n) is 8.63. The van der Waals surface area contributed by atoms with Gasteiger partial charge in [-0.05, 0) is 29.7 Å². The molecule has 2 aromatic rings. The van der Waals surface area contributed by atoms with Crippen molar-refractivity contribution in [1.82, 2.24) is 10.2 Å². The van der Waals surface area contributed by atoms with Crippen LogP contribution in [0.25, 0.3) is 6.08 Å². The second-order valence-corrected chi connectivity index (χ2v) is 4.45. The SMILES string of the molecule is O=C(/C=C/c1cccs1)Nc1ccc(Cl)nn1. The quantitative estimate of drug-likeness (QED) is 0.869. The van der Waals surface area contributed by atoms with Crippen molar-refractivity contribution in [2.24, 2.45) is 0 Å². The van der Waals surface area contributed by atoms with Crippen LogP contribution in [0.1, 0.15) is 4.88 Å². The van der Waals surface area contributed by atoms with E-state index < -0.39 is 0 Å². The Morgan fingerprint density at radius 1 is 1.35 bits per heavy atom. The summed E-state index contributed by atoms with van der Waals surface area (Å²) in [5.74, 6) is 0.116. The van der Waals surface area contributed by atoms with Gasteiger partial charge in [-0.25, -0.2) is 0 Å². The molecule has 0 radical (unpaired) electrons. The number of nitrogens with zero attached hydrogens (tertiary/aromatic N) is 2. The van der Waals surface area contributed by atoms with E-state index >= 15 is 0 Å². The molecule has 0 bridgehead atoms. The number of aromatic nitrogens is 2. The standard InChI is InChI=1S/C11H8ClN3OS/c12-9-4-5-10(15-14-9)13-11(16)6-3-8-2-1-7-17-8/h1-7H,(H,13,15,16)/b6-3+. The average Bonchev–Trinajstić information content (AvgIpc) is 2.83. The van der Waals surface area contributed by atoms with E-state index in [9.17, 15) is 4.79 Å². The highest BCUT2D eigenvalue weighted by Gasteiger charge is 1.99. The van der Waals surface area contributed by atoms with Gasteiger partial charge in [-0.1, -0.05) is 17.7 Å². The van der Waals surface area contributed by atoms with E-state index in [4.69, 9.17) is 11.6 Å². The zero-order valence-corrected chi connectivity index (χ0v) is 10.2. The molecule has 2 rings (SSSR count). The minimum absolute atomic E-state index is 0.255. The van der Waals surface area contributed by atoms with Crippen molar-refractivity contribution in [3.63, 3.8) is 0 Å². The van der Waals surface area contributed by atoms with Crippen LogP contribution in [-0.2, 0) is 4.79 Å². The highest BCUT2D eigenvalue weighted by atomic mass is 35.5. The minimum Gasteiger partial charge on any atom is -0.306 e. The first-order chi connectivity index (χ1) is 8.24. The molecular formula is C11H8ClN3OS. The fraction of sp³-hybridized carbons (Fsp3) is 0. The number of amides is 1. The highest BCUT2D eigenvalue weighted by Crippen LogP contribution is 2.10. The van der Waals surface area contributed by atoms with E-state index in [-0.39, 0.29) is 11.1 Å². The summed E-state index contributed by atoms with van der Waals surface area (Å²) in [5, 5.41) is 12.2. The molecule has 0 spiro atoms. The second-order valence-electron chi connectivity index (χ2n) is 3.08. The average molecular weight is 266 g/mol. The van der Waals surface area contributed by atoms with E-state index in [1.165, 1.54) is 6.08 Å². The predicted molar refractivity (Wildman–Crippen MR) is 69.0 cm³/mol. The predicted octanol–water partition coefficient (Wildman–Crippen LogP) is 2.84. The van der Waals surface area contributed by atoms with Crippen molar-refractivity contribution >= 4 is 40.7 Å². The van der Waals surface area contributed by atoms with Gasteiger partial charge in [-0.2, -0.15) is 0 Å². The lowest BCUT2D eigenvalue weighted by atomic mass is 10.4. The molecule has 2 heterocycles. The van der Waals surface area contributed by atoms with Gasteiger partial charge in [0.25, 0.3) is 0 Å². The van der Waals surface area contributed by atoms with Crippen LogP contribution in [0.4, 0.5) is 5.82 Å². The van der Waals surface area contributed by atoms with Gasteiger partial charge in [0.05, 0.1) is 0 Å². The van der Waals surface area contributed by atoms with Crippen LogP contribution in [0.15, 0.2) is 35.7 Å². The van der Waals surface area contributed by atoms with Crippen LogP contribution in [0, 0.1) is 0 Å². The van der Waals surface area contributed by atoms with E-state index in [1.54, 1.807) is 29.5 Å². The first kappa shape index (κ1) is 11.8. The van der Waals surface area contributed by atoms with Gasteiger partial charge in [0, 0.05) is 11.0 Å². The monoisotopic (exact) mass is 265 g/mol. The summed E-state index contributed by atoms with van der Waals surface area (Å²) >= 11 is 7.14. The molecule has 0 aromatic carbocycles. The van der Waals surface area contributed by atoms with Crippen molar-refractivity contribution in [1.29, 1.82) is 0 Å². The molecule has 0 atom stereocenters. The molecule has 0 aliphatic rings. The van der Waals surface area contributed by atoms with Crippen molar-refractivity contribution in [3.05, 3.63) is 45.8 Å². The molecule has 17 heavy (non-hydrogen) atoms. The van der Waals surface area contributed by atoms with Gasteiger partial charge in [-0.15, -0.1) is 21.5 Å². The fourth-order valence-corrected chi connectivity index (χ4v) is 1.81. The van der Waals surface area contributed by atoms with E-state index in [1.807, 2.05) is 17.5 Å². The number of nitrogens with one attached hydrogen (secondary N) is 1. The molecule has 0 saturated heterocycles. The van der Waals surface area contributed by atoms with Crippen LogP contribution >= 0.6 is 22.9 Å². The minimum atomic E-state index is -0.255. The number of halogens is 1. The van der Waals surface area contributed by atoms with E-state index in [0.717, 1.165) is 4.88 Å². The fourth-order valence-electron chi connectivity index (χ4n) is 1.09. The van der Waals surface area contributed by atoms with Gasteiger partial charge in [0.1, 0.15) is 0 Å². The van der Waals surface area contributed by atoms with Crippen LogP contribution in [0.5, 0.6) is 0 Å². The molecule has 2 aromatic heterocycles. The Morgan fingerprint density at radius 3 is 2.88 bits per heavy atom. The molecule has 0 unspecified atom stereocenters. The Labute approximate surface area is 107 Å². The van der Waals surface area contributed by atoms with Crippen LogP contribution in [-0.4, -0.2) is 16.1 Å². The molecule has 0 fully saturated rings. The highest BCUT2D eigenvalue weighted by molar-refractivity contribution is 7.10. The topological polar surface area (TPSA) is 54.9 Å². The largest absolute Gasteiger partial charge is 0.306 e. The maximum atomic E-state index is 11.5. The van der Waals surface area contributed by atoms with Gasteiger partial charge in [0.15, 0.2) is 11.0 Å². The Kier molecular flexibility index (Phi) is 3.85. The lowest BCUT2D eigenvalue weighted by Gasteiger charge is -1.98. The van der Waals surface area contributed by atoms with Gasteiger partial charge in [0.2, 0.25) is 5.91 Å². The summed E-state index contributed by atoms with van der Waals surface area (Å²) in [6.07, 6.45) is 3.19. The van der Waals surface area contributed by atoms with Crippen LogP contribution < -0.4 is 5.32 Å². The lowest BCUT2D eigenvalue weighted by Crippen LogP contribution is -2.09. The summed E-state index contributed by atoms with van der Waals surface area (Å²) in [7, 11) is 0. The number of carbonyl (C=O) groups excluding carboxylic acids is 1. The Morgan fingerprint density at radius 2 is 2.24 bits per heavy atom. The third kappa shape index (κ3) is 3.65. The molecule has 1 amide bonds. The van der Waals surface area contributed by atoms with Crippen molar-refractivity contribution in [3.8, 4) is 0 Å². The summed E-state index contributed by atoms with van der Waals surface area (Å²) in [5.41, 5.74) is 0. The number of thiophene rings is 1. The molecule has 86 valence electrons. The second kappa shape index (κ2) is 5.56. The van der Waals surface area contributed by atoms with E-state index in [0.29, 0.717) is 5.82 Å². The Bertz CT molecular complexity index is 522. The van der Waals surface area contributed by atoms with Crippen LogP contribution in [0.2, 0.25) is 5.15 Å². The summed E-state index contributed by atoms with van der Waals surface area (Å²) in [6, 6.07) is 7.00. The maximum absolute atomic E-state index is 11.5. The Balaban J connectivity index is 1.95. The Hall–Kier alpha value is -1.72. The molecule has 0 aliphatic carbocycles. The number of hydrogen-bond acceptors (Lipinski definition) is 4. The van der Waals surface area contributed by atoms with E-state index in [2.05, 4.69) is 15.5 Å². The molecule has 6 heteroatoms. The number of carbonyl (C=O) groups is 1. The number of rotatable bonds is 3. The first-order valence-corrected chi connectivity index (χ1v) is 6.01. The maximum Gasteiger partial charge on any atom is 0.249 e. The normalized spacial score (nSPS) is 10.6. The third-order valence-corrected chi connectivity index (χ3v) is 2.86. The molecular weight excluding hydrogens is 258 g/mol. The first-order valence-electron chi connectivity index (χ1n) is 4.76. The summed E-state index contributed by atoms with van der Waals surface area (Å²) in [6.45, 7) is 0. The smallest absolute Gasteiger partial charge is 0.249 e. The molecule has 0 saturated carbocycles. The van der Waals surface area contributed by atoms with Crippen molar-refractivity contribution in [2.75, 3.05) is 5.32 Å². The van der Waals surface area contributed by atoms with Crippen LogP contribution in [0.3, 0.4) is 0 Å². The van der Waals surface area contributed by atoms with Gasteiger partial charge >= 0.3 is 0 Å². The van der Waals surface area contributed by atoms with Gasteiger partial charge < -0.3 is 5.32 Å². The van der Waals surface area contributed by atoms with Gasteiger partial charge in [-0.3, -0.25) is 4.79 Å². The molecule has 1 N–H and O–H groups in total. The summed E-state index contributed by atoms with van der Waals surface area (Å²) < 4.78 is 0. The summed E-state index contributed by atoms with van der Waals surface area (Å²) in [4.78, 5) is 12.5. The molecule has 0 aliphatic heterocycles. The third-order valence-electron chi connectivity index (χ3n) is 1.83.